The van der Waals surface area contributed by atoms with Gasteiger partial charge in [-0.3, -0.25) is 14.9 Å². The van der Waals surface area contributed by atoms with Crippen LogP contribution >= 0.6 is 46.4 Å². The van der Waals surface area contributed by atoms with Gasteiger partial charge in [0.1, 0.15) is 16.8 Å². The van der Waals surface area contributed by atoms with Gasteiger partial charge in [-0.05, 0) is 24.6 Å². The lowest BCUT2D eigenvalue weighted by Gasteiger charge is -2.12. The van der Waals surface area contributed by atoms with Gasteiger partial charge in [0.05, 0.1) is 21.6 Å². The molecule has 1 amide bonds. The molecule has 0 aliphatic rings. The summed E-state index contributed by atoms with van der Waals surface area (Å²) in [5.41, 5.74) is 0.248. The minimum absolute atomic E-state index is 0.0792. The average molecular weight is 494 g/mol. The molecule has 11 heteroatoms. The number of hydrogen-bond donors (Lipinski definition) is 1. The van der Waals surface area contributed by atoms with Crippen molar-refractivity contribution in [3.05, 3.63) is 72.7 Å². The summed E-state index contributed by atoms with van der Waals surface area (Å²) in [5, 5.41) is 13.9. The summed E-state index contributed by atoms with van der Waals surface area (Å²) in [4.78, 5) is 22.1. The lowest BCUT2D eigenvalue weighted by molar-refractivity contribution is -0.384. The van der Waals surface area contributed by atoms with Gasteiger partial charge in [-0.15, -0.1) is 0 Å². The third kappa shape index (κ3) is 7.57. The molecule has 0 saturated heterocycles. The van der Waals surface area contributed by atoms with Crippen molar-refractivity contribution >= 4 is 58.0 Å². The molecule has 0 radical (unpaired) electrons. The lowest BCUT2D eigenvalue weighted by atomic mass is 10.2. The maximum absolute atomic E-state index is 12.0. The summed E-state index contributed by atoms with van der Waals surface area (Å²) in [6.07, 6.45) is 1.96. The Morgan fingerprint density at radius 3 is 2.30 bits per heavy atom. The first-order valence-corrected chi connectivity index (χ1v) is 10.1. The highest BCUT2D eigenvalue weighted by molar-refractivity contribution is 6.55. The van der Waals surface area contributed by atoms with Gasteiger partial charge in [-0.2, -0.15) is 0 Å². The van der Waals surface area contributed by atoms with Crippen molar-refractivity contribution in [2.45, 2.75) is 6.42 Å². The van der Waals surface area contributed by atoms with Crippen LogP contribution < -0.4 is 14.8 Å². The molecule has 1 N–H and O–H groups in total. The monoisotopic (exact) mass is 492 g/mol. The molecule has 2 aromatic carbocycles. The van der Waals surface area contributed by atoms with E-state index in [1.54, 1.807) is 12.1 Å². The van der Waals surface area contributed by atoms with Crippen LogP contribution in [0, 0.1) is 10.1 Å². The Labute approximate surface area is 192 Å². The number of nitrogens with one attached hydrogen (secondary N) is 1. The first-order chi connectivity index (χ1) is 14.3. The zero-order valence-electron chi connectivity index (χ0n) is 15.4. The van der Waals surface area contributed by atoms with E-state index in [0.717, 1.165) is 0 Å². The number of nitro benzene ring substituents is 1. The summed E-state index contributed by atoms with van der Waals surface area (Å²) in [7, 11) is 0. The largest absolute Gasteiger partial charge is 0.490 e. The van der Waals surface area contributed by atoms with Crippen molar-refractivity contribution in [3.63, 3.8) is 0 Å². The maximum atomic E-state index is 12.0. The Morgan fingerprint density at radius 1 is 1.10 bits per heavy atom. The minimum atomic E-state index is -0.527. The van der Waals surface area contributed by atoms with E-state index in [9.17, 15) is 14.9 Å². The zero-order valence-corrected chi connectivity index (χ0v) is 18.4. The van der Waals surface area contributed by atoms with E-state index in [0.29, 0.717) is 30.0 Å². The van der Waals surface area contributed by atoms with Crippen LogP contribution in [-0.4, -0.2) is 30.6 Å². The molecule has 0 fully saturated rings. The van der Waals surface area contributed by atoms with Gasteiger partial charge in [0.15, 0.2) is 5.75 Å². The Kier molecular flexibility index (Phi) is 9.52. The molecular formula is C19H16Cl4N2O5. The normalized spacial score (nSPS) is 10.3. The van der Waals surface area contributed by atoms with Crippen molar-refractivity contribution in [2.24, 2.45) is 0 Å². The topological polar surface area (TPSA) is 90.7 Å². The molecule has 0 aromatic heterocycles. The van der Waals surface area contributed by atoms with Gasteiger partial charge in [0.2, 0.25) is 0 Å². The van der Waals surface area contributed by atoms with Gasteiger partial charge >= 0.3 is 0 Å². The van der Waals surface area contributed by atoms with Crippen molar-refractivity contribution in [1.82, 2.24) is 5.32 Å². The van der Waals surface area contributed by atoms with Gasteiger partial charge in [0, 0.05) is 36.4 Å². The standard InChI is InChI=1S/C19H16Cl4N2O5/c20-15-10-14(29-9-6-17(22)23)11-16(21)18(15)30-8-1-7-24-19(26)12-2-4-13(5-3-12)25(27)28/h2-6,10-11H,1,7-9H2,(H,24,26). The third-order valence-electron chi connectivity index (χ3n) is 3.65. The second-order valence-corrected chi connectivity index (χ2v) is 7.60. The van der Waals surface area contributed by atoms with Gasteiger partial charge < -0.3 is 14.8 Å². The highest BCUT2D eigenvalue weighted by Gasteiger charge is 2.12. The van der Waals surface area contributed by atoms with Gasteiger partial charge in [-0.1, -0.05) is 46.4 Å². The van der Waals surface area contributed by atoms with Crippen LogP contribution in [0.4, 0.5) is 5.69 Å². The van der Waals surface area contributed by atoms with Crippen LogP contribution in [-0.2, 0) is 0 Å². The summed E-state index contributed by atoms with van der Waals surface area (Å²) in [5.74, 6) is 0.394. The van der Waals surface area contributed by atoms with Gasteiger partial charge in [0.25, 0.3) is 11.6 Å². The Hall–Kier alpha value is -2.19. The third-order valence-corrected chi connectivity index (χ3v) is 4.52. The summed E-state index contributed by atoms with van der Waals surface area (Å²) in [6.45, 7) is 0.742. The van der Waals surface area contributed by atoms with E-state index in [1.807, 2.05) is 0 Å². The Balaban J connectivity index is 1.79. The first-order valence-electron chi connectivity index (χ1n) is 8.56. The van der Waals surface area contributed by atoms with Crippen molar-refractivity contribution in [3.8, 4) is 11.5 Å². The molecule has 0 atom stereocenters. The number of ether oxygens (including phenoxy) is 2. The molecule has 0 bridgehead atoms. The number of carbonyl (C=O) groups excluding carboxylic acids is 1. The van der Waals surface area contributed by atoms with Crippen molar-refractivity contribution < 1.29 is 19.2 Å². The average Bonchev–Trinajstić information content (AvgIpc) is 2.69. The number of benzene rings is 2. The predicted octanol–water partition coefficient (Wildman–Crippen LogP) is 5.80. The fraction of sp³-hybridized carbons (Fsp3) is 0.211. The molecule has 7 nitrogen and oxygen atoms in total. The van der Waals surface area contributed by atoms with E-state index >= 15 is 0 Å². The summed E-state index contributed by atoms with van der Waals surface area (Å²) < 4.78 is 11.1. The van der Waals surface area contributed by atoms with Crippen LogP contribution in [0.25, 0.3) is 0 Å². The number of nitro groups is 1. The fourth-order valence-electron chi connectivity index (χ4n) is 2.24. The second kappa shape index (κ2) is 11.9. The lowest BCUT2D eigenvalue weighted by Crippen LogP contribution is -2.25. The van der Waals surface area contributed by atoms with Crippen LogP contribution in [0.3, 0.4) is 0 Å². The molecule has 0 aliphatic carbocycles. The number of hydrogen-bond acceptors (Lipinski definition) is 5. The smallest absolute Gasteiger partial charge is 0.269 e. The number of carbonyl (C=O) groups is 1. The SMILES string of the molecule is O=C(NCCCOc1c(Cl)cc(OCC=C(Cl)Cl)cc1Cl)c1ccc([N+](=O)[O-])cc1. The first kappa shape index (κ1) is 24.1. The highest BCUT2D eigenvalue weighted by Crippen LogP contribution is 2.37. The molecule has 2 rings (SSSR count). The van der Waals surface area contributed by atoms with Crippen LogP contribution in [0.2, 0.25) is 10.0 Å². The quantitative estimate of drug-likeness (QED) is 0.256. The molecule has 2 aromatic rings. The summed E-state index contributed by atoms with van der Waals surface area (Å²) in [6, 6.07) is 8.43. The predicted molar refractivity (Wildman–Crippen MR) is 117 cm³/mol. The second-order valence-electron chi connectivity index (χ2n) is 5.78. The van der Waals surface area contributed by atoms with Crippen LogP contribution in [0.15, 0.2) is 47.0 Å². The van der Waals surface area contributed by atoms with Crippen LogP contribution in [0.5, 0.6) is 11.5 Å². The Bertz CT molecular complexity index is 908. The molecule has 0 aliphatic heterocycles. The van der Waals surface area contributed by atoms with E-state index < -0.39 is 4.92 Å². The Morgan fingerprint density at radius 2 is 1.73 bits per heavy atom. The molecular weight excluding hydrogens is 478 g/mol. The number of nitrogens with zero attached hydrogens (tertiary/aromatic N) is 1. The molecule has 30 heavy (non-hydrogen) atoms. The van der Waals surface area contributed by atoms with E-state index in [4.69, 9.17) is 55.9 Å². The fourth-order valence-corrected chi connectivity index (χ4v) is 2.95. The van der Waals surface area contributed by atoms with Gasteiger partial charge in [-0.25, -0.2) is 0 Å². The van der Waals surface area contributed by atoms with E-state index in [-0.39, 0.29) is 39.3 Å². The van der Waals surface area contributed by atoms with E-state index in [1.165, 1.54) is 30.3 Å². The number of amides is 1. The molecule has 0 heterocycles. The van der Waals surface area contributed by atoms with E-state index in [2.05, 4.69) is 5.32 Å². The minimum Gasteiger partial charge on any atom is -0.490 e. The van der Waals surface area contributed by atoms with Crippen molar-refractivity contribution in [1.29, 1.82) is 0 Å². The van der Waals surface area contributed by atoms with Crippen LogP contribution in [0.1, 0.15) is 16.8 Å². The summed E-state index contributed by atoms with van der Waals surface area (Å²) >= 11 is 23.4. The molecule has 0 saturated carbocycles. The number of rotatable bonds is 10. The number of halogens is 4. The highest BCUT2D eigenvalue weighted by atomic mass is 35.5. The van der Waals surface area contributed by atoms with Crippen molar-refractivity contribution in [2.75, 3.05) is 19.8 Å². The zero-order chi connectivity index (χ0) is 22.1. The molecule has 0 spiro atoms. The number of non-ortho nitro benzene ring substituents is 1. The molecule has 0 unspecified atom stereocenters. The maximum Gasteiger partial charge on any atom is 0.269 e. The molecule has 160 valence electrons.